The Morgan fingerprint density at radius 3 is 2.81 bits per heavy atom. The molecule has 0 aliphatic carbocycles. The lowest BCUT2D eigenvalue weighted by Gasteiger charge is -2.16. The highest BCUT2D eigenvalue weighted by atomic mass is 79.9. The molecule has 2 aromatic carbocycles. The minimum absolute atomic E-state index is 0.0789. The second-order valence-electron chi connectivity index (χ2n) is 7.16. The number of hydrogen-bond acceptors (Lipinski definition) is 7. The Labute approximate surface area is 186 Å². The molecule has 1 aliphatic rings. The average molecular weight is 482 g/mol. The van der Waals surface area contributed by atoms with E-state index in [4.69, 9.17) is 19.8 Å². The molecule has 1 atom stereocenters. The predicted molar refractivity (Wildman–Crippen MR) is 121 cm³/mol. The molecule has 0 bridgehead atoms. The SMILES string of the molecule is COc1ccc(-c2nc3c4c(Br)cccc4nc(N[C@H]4CNCCNC4=O)n3n2)cc1. The molecule has 0 saturated carbocycles. The van der Waals surface area contributed by atoms with Gasteiger partial charge in [0.15, 0.2) is 11.5 Å². The molecule has 5 rings (SSSR count). The van der Waals surface area contributed by atoms with E-state index < -0.39 is 6.04 Å². The summed E-state index contributed by atoms with van der Waals surface area (Å²) in [5, 5.41) is 14.9. The monoisotopic (exact) mass is 481 g/mol. The number of carbonyl (C=O) groups excluding carboxylic acids is 1. The van der Waals surface area contributed by atoms with Gasteiger partial charge in [-0.25, -0.2) is 9.97 Å². The van der Waals surface area contributed by atoms with Crippen molar-refractivity contribution in [3.05, 3.63) is 46.9 Å². The number of nitrogens with zero attached hydrogens (tertiary/aromatic N) is 4. The summed E-state index contributed by atoms with van der Waals surface area (Å²) in [6, 6.07) is 12.9. The number of rotatable bonds is 4. The Kier molecular flexibility index (Phi) is 5.16. The van der Waals surface area contributed by atoms with Gasteiger partial charge in [0.2, 0.25) is 11.9 Å². The van der Waals surface area contributed by atoms with Crippen molar-refractivity contribution in [3.8, 4) is 17.1 Å². The molecule has 3 N–H and O–H groups in total. The van der Waals surface area contributed by atoms with Crippen LogP contribution in [-0.4, -0.2) is 58.3 Å². The molecule has 4 aromatic rings. The third kappa shape index (κ3) is 3.68. The van der Waals surface area contributed by atoms with Crippen molar-refractivity contribution in [1.82, 2.24) is 30.2 Å². The van der Waals surface area contributed by atoms with E-state index in [1.165, 1.54) is 0 Å². The van der Waals surface area contributed by atoms with E-state index in [1.54, 1.807) is 11.6 Å². The number of halogens is 1. The van der Waals surface area contributed by atoms with Crippen LogP contribution in [0.1, 0.15) is 0 Å². The van der Waals surface area contributed by atoms with Crippen molar-refractivity contribution in [2.45, 2.75) is 6.04 Å². The van der Waals surface area contributed by atoms with Gasteiger partial charge in [0.1, 0.15) is 11.8 Å². The van der Waals surface area contributed by atoms with Gasteiger partial charge in [-0.2, -0.15) is 4.52 Å². The highest BCUT2D eigenvalue weighted by Gasteiger charge is 2.23. The van der Waals surface area contributed by atoms with Crippen LogP contribution in [-0.2, 0) is 4.79 Å². The first-order valence-electron chi connectivity index (χ1n) is 9.88. The third-order valence-corrected chi connectivity index (χ3v) is 5.83. The van der Waals surface area contributed by atoms with Gasteiger partial charge < -0.3 is 20.7 Å². The van der Waals surface area contributed by atoms with Crippen LogP contribution in [0, 0.1) is 0 Å². The summed E-state index contributed by atoms with van der Waals surface area (Å²) in [4.78, 5) is 22.0. The largest absolute Gasteiger partial charge is 0.497 e. The van der Waals surface area contributed by atoms with Gasteiger partial charge in [-0.15, -0.1) is 5.10 Å². The Bertz CT molecular complexity index is 1270. The minimum atomic E-state index is -0.476. The average Bonchev–Trinajstić information content (AvgIpc) is 3.13. The van der Waals surface area contributed by atoms with Gasteiger partial charge >= 0.3 is 0 Å². The molecule has 1 fully saturated rings. The van der Waals surface area contributed by atoms with E-state index in [1.807, 2.05) is 42.5 Å². The summed E-state index contributed by atoms with van der Waals surface area (Å²) in [6.45, 7) is 1.81. The number of carbonyl (C=O) groups is 1. The first kappa shape index (κ1) is 19.7. The molecular weight excluding hydrogens is 462 g/mol. The van der Waals surface area contributed by atoms with Crippen LogP contribution in [0.25, 0.3) is 27.9 Å². The summed E-state index contributed by atoms with van der Waals surface area (Å²) in [6.07, 6.45) is 0. The van der Waals surface area contributed by atoms with Crippen molar-refractivity contribution in [2.75, 3.05) is 32.1 Å². The molecule has 3 heterocycles. The number of fused-ring (bicyclic) bond motifs is 3. The summed E-state index contributed by atoms with van der Waals surface area (Å²) >= 11 is 3.61. The number of ether oxygens (including phenoxy) is 1. The standard InChI is InChI=1S/C21H20BrN7O2/c1-31-13-7-5-12(6-8-13)18-27-19-17-14(22)3-2-4-15(17)25-21(29(19)28-18)26-16-11-23-9-10-24-20(16)30/h2-8,16,23H,9-11H2,1H3,(H,24,30)(H,25,26)/t16-/m0/s1. The van der Waals surface area contributed by atoms with Crippen molar-refractivity contribution in [1.29, 1.82) is 0 Å². The van der Waals surface area contributed by atoms with Crippen molar-refractivity contribution in [3.63, 3.8) is 0 Å². The van der Waals surface area contributed by atoms with E-state index in [9.17, 15) is 4.79 Å². The molecule has 0 unspecified atom stereocenters. The van der Waals surface area contributed by atoms with Gasteiger partial charge in [-0.3, -0.25) is 4.79 Å². The van der Waals surface area contributed by atoms with E-state index >= 15 is 0 Å². The fourth-order valence-electron chi connectivity index (χ4n) is 3.57. The summed E-state index contributed by atoms with van der Waals surface area (Å²) < 4.78 is 7.77. The van der Waals surface area contributed by atoms with Crippen LogP contribution in [0.3, 0.4) is 0 Å². The molecule has 9 nitrogen and oxygen atoms in total. The predicted octanol–water partition coefficient (Wildman–Crippen LogP) is 2.22. The molecular formula is C21H20BrN7O2. The van der Waals surface area contributed by atoms with Crippen LogP contribution in [0.4, 0.5) is 5.95 Å². The Morgan fingerprint density at radius 1 is 1.16 bits per heavy atom. The lowest BCUT2D eigenvalue weighted by atomic mass is 10.2. The molecule has 0 radical (unpaired) electrons. The van der Waals surface area contributed by atoms with Crippen molar-refractivity contribution < 1.29 is 9.53 Å². The highest BCUT2D eigenvalue weighted by Crippen LogP contribution is 2.30. The maximum atomic E-state index is 12.5. The smallest absolute Gasteiger partial charge is 0.243 e. The van der Waals surface area contributed by atoms with E-state index in [2.05, 4.69) is 31.9 Å². The Morgan fingerprint density at radius 2 is 2.00 bits per heavy atom. The van der Waals surface area contributed by atoms with E-state index in [0.29, 0.717) is 30.5 Å². The summed E-state index contributed by atoms with van der Waals surface area (Å²) in [5.74, 6) is 1.69. The molecule has 1 saturated heterocycles. The molecule has 1 amide bonds. The second kappa shape index (κ2) is 8.12. The lowest BCUT2D eigenvalue weighted by molar-refractivity contribution is -0.121. The van der Waals surface area contributed by atoms with Crippen LogP contribution >= 0.6 is 15.9 Å². The first-order chi connectivity index (χ1) is 15.1. The van der Waals surface area contributed by atoms with Crippen LogP contribution in [0.2, 0.25) is 0 Å². The van der Waals surface area contributed by atoms with E-state index in [0.717, 1.165) is 33.2 Å². The van der Waals surface area contributed by atoms with E-state index in [-0.39, 0.29) is 5.91 Å². The second-order valence-corrected chi connectivity index (χ2v) is 8.02. The lowest BCUT2D eigenvalue weighted by Crippen LogP contribution is -2.42. The topological polar surface area (TPSA) is 105 Å². The number of nitrogens with one attached hydrogen (secondary N) is 3. The van der Waals surface area contributed by atoms with Gasteiger partial charge in [-0.05, 0) is 52.3 Å². The number of hydrogen-bond donors (Lipinski definition) is 3. The zero-order valence-electron chi connectivity index (χ0n) is 16.7. The first-order valence-corrected chi connectivity index (χ1v) is 10.7. The molecule has 31 heavy (non-hydrogen) atoms. The van der Waals surface area contributed by atoms with Crippen LogP contribution < -0.4 is 20.7 Å². The maximum absolute atomic E-state index is 12.5. The molecule has 1 aliphatic heterocycles. The number of benzene rings is 2. The highest BCUT2D eigenvalue weighted by molar-refractivity contribution is 9.10. The summed E-state index contributed by atoms with van der Waals surface area (Å²) in [7, 11) is 1.63. The van der Waals surface area contributed by atoms with Gasteiger partial charge in [0.05, 0.1) is 18.0 Å². The zero-order chi connectivity index (χ0) is 21.4. The summed E-state index contributed by atoms with van der Waals surface area (Å²) in [5.41, 5.74) is 2.25. The third-order valence-electron chi connectivity index (χ3n) is 5.17. The van der Waals surface area contributed by atoms with Crippen molar-refractivity contribution >= 4 is 44.3 Å². The molecule has 2 aromatic heterocycles. The van der Waals surface area contributed by atoms with Gasteiger partial charge in [0, 0.05) is 29.7 Å². The van der Waals surface area contributed by atoms with Gasteiger partial charge in [-0.1, -0.05) is 6.07 Å². The number of anilines is 1. The Hall–Kier alpha value is -3.24. The molecule has 10 heteroatoms. The normalized spacial score (nSPS) is 16.8. The number of methoxy groups -OCH3 is 1. The van der Waals surface area contributed by atoms with Gasteiger partial charge in [0.25, 0.3) is 0 Å². The molecule has 0 spiro atoms. The Balaban J connectivity index is 1.66. The fourth-order valence-corrected chi connectivity index (χ4v) is 4.11. The maximum Gasteiger partial charge on any atom is 0.243 e. The molecule has 158 valence electrons. The number of aromatic nitrogens is 4. The van der Waals surface area contributed by atoms with Crippen LogP contribution in [0.5, 0.6) is 5.75 Å². The number of amides is 1. The quantitative estimate of drug-likeness (QED) is 0.410. The zero-order valence-corrected chi connectivity index (χ0v) is 18.3. The fraction of sp³-hybridized carbons (Fsp3) is 0.238. The minimum Gasteiger partial charge on any atom is -0.497 e. The van der Waals surface area contributed by atoms with Crippen molar-refractivity contribution in [2.24, 2.45) is 0 Å². The van der Waals surface area contributed by atoms with Crippen LogP contribution in [0.15, 0.2) is 46.9 Å².